The highest BCUT2D eigenvalue weighted by atomic mass is 16.4. The average molecular weight is 232 g/mol. The molecule has 5 nitrogen and oxygen atoms in total. The van der Waals surface area contributed by atoms with Crippen molar-refractivity contribution in [1.29, 1.82) is 5.26 Å². The van der Waals surface area contributed by atoms with Gasteiger partial charge in [0.1, 0.15) is 6.04 Å². The second-order valence-electron chi connectivity index (χ2n) is 3.56. The molecule has 0 heterocycles. The van der Waals surface area contributed by atoms with Crippen LogP contribution in [0.4, 0.5) is 0 Å². The second-order valence-corrected chi connectivity index (χ2v) is 3.56. The molecule has 88 valence electrons. The highest BCUT2D eigenvalue weighted by Gasteiger charge is 2.19. The number of nitriles is 1. The van der Waals surface area contributed by atoms with Gasteiger partial charge in [-0.2, -0.15) is 5.26 Å². The molecular formula is C12H12N2O3. The number of benzene rings is 1. The average Bonchev–Trinajstić information content (AvgIpc) is 2.28. The first-order chi connectivity index (χ1) is 8.04. The Morgan fingerprint density at radius 3 is 2.65 bits per heavy atom. The molecule has 0 aliphatic carbocycles. The third-order valence-electron chi connectivity index (χ3n) is 2.24. The summed E-state index contributed by atoms with van der Waals surface area (Å²) in [5.41, 5.74) is 1.03. The van der Waals surface area contributed by atoms with Gasteiger partial charge in [0.25, 0.3) is 0 Å². The molecule has 0 unspecified atom stereocenters. The molecule has 0 aliphatic rings. The van der Waals surface area contributed by atoms with Crippen LogP contribution in [0.25, 0.3) is 0 Å². The van der Waals surface area contributed by atoms with E-state index in [1.807, 2.05) is 6.07 Å². The van der Waals surface area contributed by atoms with E-state index >= 15 is 0 Å². The van der Waals surface area contributed by atoms with Crippen molar-refractivity contribution in [1.82, 2.24) is 5.32 Å². The topological polar surface area (TPSA) is 90.2 Å². The normalized spacial score (nSPS) is 11.3. The van der Waals surface area contributed by atoms with E-state index in [4.69, 9.17) is 10.4 Å². The van der Waals surface area contributed by atoms with Crippen LogP contribution >= 0.6 is 0 Å². The SMILES string of the molecule is CC(=O)N[C@@H](Cc1ccccc1C#N)C(=O)O. The minimum Gasteiger partial charge on any atom is -0.480 e. The molecule has 0 aliphatic heterocycles. The molecule has 0 saturated carbocycles. The van der Waals surface area contributed by atoms with Gasteiger partial charge in [-0.05, 0) is 11.6 Å². The Balaban J connectivity index is 2.90. The van der Waals surface area contributed by atoms with Crippen LogP contribution in [0, 0.1) is 11.3 Å². The Morgan fingerprint density at radius 1 is 1.47 bits per heavy atom. The van der Waals surface area contributed by atoms with E-state index in [9.17, 15) is 9.59 Å². The van der Waals surface area contributed by atoms with Crippen molar-refractivity contribution in [3.63, 3.8) is 0 Å². The van der Waals surface area contributed by atoms with Gasteiger partial charge in [0.15, 0.2) is 0 Å². The van der Waals surface area contributed by atoms with Gasteiger partial charge in [-0.1, -0.05) is 18.2 Å². The number of carbonyl (C=O) groups excluding carboxylic acids is 1. The Morgan fingerprint density at radius 2 is 2.12 bits per heavy atom. The van der Waals surface area contributed by atoms with E-state index in [2.05, 4.69) is 5.32 Å². The highest BCUT2D eigenvalue weighted by molar-refractivity contribution is 5.82. The van der Waals surface area contributed by atoms with Gasteiger partial charge < -0.3 is 10.4 Å². The number of carboxylic acids is 1. The predicted molar refractivity (Wildman–Crippen MR) is 60.1 cm³/mol. The smallest absolute Gasteiger partial charge is 0.326 e. The summed E-state index contributed by atoms with van der Waals surface area (Å²) in [6.45, 7) is 1.26. The van der Waals surface area contributed by atoms with Crippen molar-refractivity contribution in [2.24, 2.45) is 0 Å². The molecule has 1 rings (SSSR count). The maximum absolute atomic E-state index is 10.9. The molecule has 1 amide bonds. The van der Waals surface area contributed by atoms with Gasteiger partial charge in [-0.3, -0.25) is 4.79 Å². The Hall–Kier alpha value is -2.35. The lowest BCUT2D eigenvalue weighted by Gasteiger charge is -2.13. The summed E-state index contributed by atoms with van der Waals surface area (Å²) >= 11 is 0. The van der Waals surface area contributed by atoms with Crippen molar-refractivity contribution < 1.29 is 14.7 Å². The Bertz CT molecular complexity index is 477. The zero-order chi connectivity index (χ0) is 12.8. The Kier molecular flexibility index (Phi) is 4.23. The number of amides is 1. The molecular weight excluding hydrogens is 220 g/mol. The largest absolute Gasteiger partial charge is 0.480 e. The summed E-state index contributed by atoms with van der Waals surface area (Å²) in [6.07, 6.45) is 0.0959. The zero-order valence-corrected chi connectivity index (χ0v) is 9.30. The van der Waals surface area contributed by atoms with Crippen LogP contribution in [0.5, 0.6) is 0 Å². The first-order valence-electron chi connectivity index (χ1n) is 5.02. The van der Waals surface area contributed by atoms with E-state index in [0.717, 1.165) is 0 Å². The van der Waals surface area contributed by atoms with Crippen molar-refractivity contribution >= 4 is 11.9 Å². The van der Waals surface area contributed by atoms with Crippen molar-refractivity contribution in [2.45, 2.75) is 19.4 Å². The molecule has 0 spiro atoms. The molecule has 5 heteroatoms. The maximum atomic E-state index is 10.9. The fourth-order valence-corrected chi connectivity index (χ4v) is 1.47. The van der Waals surface area contributed by atoms with Crippen LogP contribution in [-0.4, -0.2) is 23.0 Å². The van der Waals surface area contributed by atoms with E-state index in [1.165, 1.54) is 6.92 Å². The minimum atomic E-state index is -1.12. The van der Waals surface area contributed by atoms with E-state index < -0.39 is 17.9 Å². The Labute approximate surface area is 98.7 Å². The summed E-state index contributed by atoms with van der Waals surface area (Å²) in [7, 11) is 0. The van der Waals surface area contributed by atoms with Crippen LogP contribution in [0.15, 0.2) is 24.3 Å². The van der Waals surface area contributed by atoms with Crippen molar-refractivity contribution in [2.75, 3.05) is 0 Å². The summed E-state index contributed by atoms with van der Waals surface area (Å²) in [6, 6.07) is 7.70. The number of carboxylic acid groups (broad SMARTS) is 1. The molecule has 0 saturated heterocycles. The third kappa shape index (κ3) is 3.61. The van der Waals surface area contributed by atoms with Crippen molar-refractivity contribution in [3.8, 4) is 6.07 Å². The summed E-state index contributed by atoms with van der Waals surface area (Å²) in [5, 5.41) is 20.1. The third-order valence-corrected chi connectivity index (χ3v) is 2.24. The van der Waals surface area contributed by atoms with E-state index in [0.29, 0.717) is 11.1 Å². The summed E-state index contributed by atoms with van der Waals surface area (Å²) < 4.78 is 0. The van der Waals surface area contributed by atoms with Gasteiger partial charge in [-0.25, -0.2) is 4.79 Å². The van der Waals surface area contributed by atoms with E-state index in [1.54, 1.807) is 24.3 Å². The van der Waals surface area contributed by atoms with Gasteiger partial charge in [-0.15, -0.1) is 0 Å². The lowest BCUT2D eigenvalue weighted by Crippen LogP contribution is -2.41. The molecule has 0 fully saturated rings. The quantitative estimate of drug-likeness (QED) is 0.799. The zero-order valence-electron chi connectivity index (χ0n) is 9.30. The number of nitrogens with one attached hydrogen (secondary N) is 1. The van der Waals surface area contributed by atoms with Gasteiger partial charge >= 0.3 is 5.97 Å². The van der Waals surface area contributed by atoms with Crippen LogP contribution in [0.1, 0.15) is 18.1 Å². The minimum absolute atomic E-state index is 0.0959. The molecule has 2 N–H and O–H groups in total. The van der Waals surface area contributed by atoms with E-state index in [-0.39, 0.29) is 6.42 Å². The summed E-state index contributed by atoms with van der Waals surface area (Å²) in [4.78, 5) is 21.8. The molecule has 0 bridgehead atoms. The molecule has 17 heavy (non-hydrogen) atoms. The standard InChI is InChI=1S/C12H12N2O3/c1-8(15)14-11(12(16)17)6-9-4-2-3-5-10(9)7-13/h2-5,11H,6H2,1H3,(H,14,15)(H,16,17)/t11-/m0/s1. The number of aliphatic carboxylic acids is 1. The molecule has 1 aromatic carbocycles. The molecule has 1 aromatic rings. The number of rotatable bonds is 4. The van der Waals surface area contributed by atoms with Crippen LogP contribution < -0.4 is 5.32 Å². The monoisotopic (exact) mass is 232 g/mol. The van der Waals surface area contributed by atoms with Gasteiger partial charge in [0, 0.05) is 13.3 Å². The second kappa shape index (κ2) is 5.66. The lowest BCUT2D eigenvalue weighted by molar-refractivity contribution is -0.141. The lowest BCUT2D eigenvalue weighted by atomic mass is 10.0. The first-order valence-corrected chi connectivity index (χ1v) is 5.02. The first kappa shape index (κ1) is 12.7. The number of carbonyl (C=O) groups is 2. The number of hydrogen-bond donors (Lipinski definition) is 2. The number of nitrogens with zero attached hydrogens (tertiary/aromatic N) is 1. The van der Waals surface area contributed by atoms with Crippen molar-refractivity contribution in [3.05, 3.63) is 35.4 Å². The maximum Gasteiger partial charge on any atom is 0.326 e. The fraction of sp³-hybridized carbons (Fsp3) is 0.250. The summed E-state index contributed by atoms with van der Waals surface area (Å²) in [5.74, 6) is -1.53. The van der Waals surface area contributed by atoms with Gasteiger partial charge in [0.2, 0.25) is 5.91 Å². The van der Waals surface area contributed by atoms with Gasteiger partial charge in [0.05, 0.1) is 11.6 Å². The van der Waals surface area contributed by atoms with Crippen LogP contribution in [-0.2, 0) is 16.0 Å². The highest BCUT2D eigenvalue weighted by Crippen LogP contribution is 2.10. The number of hydrogen-bond acceptors (Lipinski definition) is 3. The van der Waals surface area contributed by atoms with Crippen LogP contribution in [0.3, 0.4) is 0 Å². The molecule has 0 aromatic heterocycles. The predicted octanol–water partition coefficient (Wildman–Crippen LogP) is 0.690. The molecule has 1 atom stereocenters. The fourth-order valence-electron chi connectivity index (χ4n) is 1.47. The van der Waals surface area contributed by atoms with Crippen LogP contribution in [0.2, 0.25) is 0 Å². The molecule has 0 radical (unpaired) electrons.